The number of nitrogens with two attached hydrogens (primary N) is 1. The molecule has 0 amide bonds. The van der Waals surface area contributed by atoms with E-state index in [-0.39, 0.29) is 6.04 Å². The van der Waals surface area contributed by atoms with Crippen LogP contribution >= 0.6 is 23.1 Å². The Balaban J connectivity index is 1.81. The van der Waals surface area contributed by atoms with Crippen LogP contribution in [0.15, 0.2) is 46.0 Å². The molecule has 2 N–H and O–H groups in total. The summed E-state index contributed by atoms with van der Waals surface area (Å²) in [5, 5.41) is 4.75. The van der Waals surface area contributed by atoms with Crippen molar-refractivity contribution in [2.75, 3.05) is 0 Å². The van der Waals surface area contributed by atoms with Crippen LogP contribution in [0.4, 0.5) is 0 Å². The molecule has 3 heteroatoms. The van der Waals surface area contributed by atoms with E-state index in [0.717, 1.165) is 6.42 Å². The molecule has 0 spiro atoms. The molecule has 0 aliphatic carbocycles. The maximum absolute atomic E-state index is 6.31. The number of thiophene rings is 1. The first-order valence-electron chi connectivity index (χ1n) is 5.37. The first-order chi connectivity index (χ1) is 7.84. The first kappa shape index (κ1) is 10.4. The summed E-state index contributed by atoms with van der Waals surface area (Å²) >= 11 is 3.64. The smallest absolute Gasteiger partial charge is 0.0430 e. The summed E-state index contributed by atoms with van der Waals surface area (Å²) in [7, 11) is 0. The molecule has 0 saturated carbocycles. The van der Waals surface area contributed by atoms with E-state index < -0.39 is 0 Å². The highest BCUT2D eigenvalue weighted by Crippen LogP contribution is 2.41. The molecule has 1 nitrogen and oxygen atoms in total. The Kier molecular flexibility index (Phi) is 2.75. The molecule has 1 aliphatic rings. The monoisotopic (exact) mass is 247 g/mol. The van der Waals surface area contributed by atoms with E-state index in [1.54, 1.807) is 11.3 Å². The van der Waals surface area contributed by atoms with Gasteiger partial charge in [-0.05, 0) is 40.4 Å². The van der Waals surface area contributed by atoms with Crippen LogP contribution < -0.4 is 5.73 Å². The van der Waals surface area contributed by atoms with Crippen molar-refractivity contribution in [2.45, 2.75) is 22.6 Å². The Bertz CT molecular complexity index is 453. The highest BCUT2D eigenvalue weighted by molar-refractivity contribution is 8.00. The Morgan fingerprint density at radius 1 is 1.25 bits per heavy atom. The number of fused-ring (bicyclic) bond motifs is 1. The fourth-order valence-electron chi connectivity index (χ4n) is 2.09. The quantitative estimate of drug-likeness (QED) is 0.879. The van der Waals surface area contributed by atoms with E-state index in [1.807, 2.05) is 11.8 Å². The predicted octanol–water partition coefficient (Wildman–Crippen LogP) is 3.46. The van der Waals surface area contributed by atoms with Gasteiger partial charge in [0.1, 0.15) is 0 Å². The standard InChI is InChI=1S/C13H13NS2/c14-13(10-5-6-15-8-10)12-7-9-3-1-2-4-11(9)16-12/h1-6,8,12-13H,7,14H2. The Labute approximate surface area is 104 Å². The molecule has 82 valence electrons. The predicted molar refractivity (Wildman–Crippen MR) is 71.0 cm³/mol. The molecule has 1 aliphatic heterocycles. The van der Waals surface area contributed by atoms with Gasteiger partial charge in [0.15, 0.2) is 0 Å². The van der Waals surface area contributed by atoms with Gasteiger partial charge in [-0.15, -0.1) is 11.8 Å². The molecule has 3 rings (SSSR count). The van der Waals surface area contributed by atoms with Crippen LogP contribution in [0, 0.1) is 0 Å². The Morgan fingerprint density at radius 2 is 2.12 bits per heavy atom. The lowest BCUT2D eigenvalue weighted by Crippen LogP contribution is -2.22. The fourth-order valence-corrected chi connectivity index (χ4v) is 4.15. The second-order valence-electron chi connectivity index (χ2n) is 4.05. The summed E-state index contributed by atoms with van der Waals surface area (Å²) < 4.78 is 0. The Hall–Kier alpha value is -0.770. The maximum Gasteiger partial charge on any atom is 0.0430 e. The van der Waals surface area contributed by atoms with Crippen molar-refractivity contribution in [3.8, 4) is 0 Å². The first-order valence-corrected chi connectivity index (χ1v) is 7.19. The van der Waals surface area contributed by atoms with E-state index in [4.69, 9.17) is 5.73 Å². The van der Waals surface area contributed by atoms with Gasteiger partial charge < -0.3 is 5.73 Å². The van der Waals surface area contributed by atoms with Gasteiger partial charge in [0, 0.05) is 16.2 Å². The molecule has 16 heavy (non-hydrogen) atoms. The van der Waals surface area contributed by atoms with E-state index in [2.05, 4.69) is 41.1 Å². The van der Waals surface area contributed by atoms with Crippen LogP contribution in [0.5, 0.6) is 0 Å². The van der Waals surface area contributed by atoms with E-state index in [0.29, 0.717) is 5.25 Å². The summed E-state index contributed by atoms with van der Waals surface area (Å²) in [6.07, 6.45) is 1.10. The maximum atomic E-state index is 6.31. The van der Waals surface area contributed by atoms with Gasteiger partial charge in [-0.3, -0.25) is 0 Å². The second-order valence-corrected chi connectivity index (χ2v) is 6.11. The highest BCUT2D eigenvalue weighted by atomic mass is 32.2. The molecule has 0 bridgehead atoms. The van der Waals surface area contributed by atoms with Crippen LogP contribution in [0.3, 0.4) is 0 Å². The lowest BCUT2D eigenvalue weighted by molar-refractivity contribution is 0.680. The van der Waals surface area contributed by atoms with Gasteiger partial charge in [0.05, 0.1) is 0 Å². The largest absolute Gasteiger partial charge is 0.323 e. The zero-order chi connectivity index (χ0) is 11.0. The van der Waals surface area contributed by atoms with E-state index in [1.165, 1.54) is 16.0 Å². The van der Waals surface area contributed by atoms with Crippen LogP contribution in [-0.2, 0) is 6.42 Å². The summed E-state index contributed by atoms with van der Waals surface area (Å²) in [4.78, 5) is 1.40. The minimum Gasteiger partial charge on any atom is -0.323 e. The zero-order valence-corrected chi connectivity index (χ0v) is 10.4. The Morgan fingerprint density at radius 3 is 2.88 bits per heavy atom. The van der Waals surface area contributed by atoms with Gasteiger partial charge in [-0.25, -0.2) is 0 Å². The molecule has 1 aromatic heterocycles. The van der Waals surface area contributed by atoms with Crippen LogP contribution in [-0.4, -0.2) is 5.25 Å². The second kappa shape index (κ2) is 4.24. The minimum absolute atomic E-state index is 0.156. The topological polar surface area (TPSA) is 26.0 Å². The molecule has 0 fully saturated rings. The van der Waals surface area contributed by atoms with Crippen molar-refractivity contribution in [3.05, 3.63) is 52.2 Å². The van der Waals surface area contributed by atoms with E-state index in [9.17, 15) is 0 Å². The summed E-state index contributed by atoms with van der Waals surface area (Å²) in [6, 6.07) is 10.9. The van der Waals surface area contributed by atoms with Crippen molar-refractivity contribution in [3.63, 3.8) is 0 Å². The third kappa shape index (κ3) is 1.79. The van der Waals surface area contributed by atoms with Crippen molar-refractivity contribution < 1.29 is 0 Å². The van der Waals surface area contributed by atoms with Gasteiger partial charge >= 0.3 is 0 Å². The SMILES string of the molecule is NC(c1ccsc1)C1Cc2ccccc2S1. The van der Waals surface area contributed by atoms with Crippen LogP contribution in [0.1, 0.15) is 17.2 Å². The molecule has 0 saturated heterocycles. The zero-order valence-electron chi connectivity index (χ0n) is 8.80. The molecule has 2 aromatic rings. The number of thioether (sulfide) groups is 1. The fraction of sp³-hybridized carbons (Fsp3) is 0.231. The van der Waals surface area contributed by atoms with Gasteiger partial charge in [-0.2, -0.15) is 11.3 Å². The van der Waals surface area contributed by atoms with Crippen molar-refractivity contribution in [1.29, 1.82) is 0 Å². The number of rotatable bonds is 2. The third-order valence-electron chi connectivity index (χ3n) is 3.00. The molecule has 1 aromatic carbocycles. The van der Waals surface area contributed by atoms with E-state index >= 15 is 0 Å². The molecule has 2 unspecified atom stereocenters. The highest BCUT2D eigenvalue weighted by Gasteiger charge is 2.27. The van der Waals surface area contributed by atoms with Gasteiger partial charge in [-0.1, -0.05) is 18.2 Å². The lowest BCUT2D eigenvalue weighted by Gasteiger charge is -2.16. The molecule has 2 atom stereocenters. The van der Waals surface area contributed by atoms with Crippen molar-refractivity contribution in [1.82, 2.24) is 0 Å². The molecule has 0 radical (unpaired) electrons. The summed E-state index contributed by atoms with van der Waals surface area (Å²) in [6.45, 7) is 0. The normalized spacial score (nSPS) is 20.7. The van der Waals surface area contributed by atoms with Crippen molar-refractivity contribution in [2.24, 2.45) is 5.73 Å². The molecule has 2 heterocycles. The van der Waals surface area contributed by atoms with Gasteiger partial charge in [0.25, 0.3) is 0 Å². The number of hydrogen-bond acceptors (Lipinski definition) is 3. The molecular formula is C13H13NS2. The lowest BCUT2D eigenvalue weighted by atomic mass is 10.0. The summed E-state index contributed by atoms with van der Waals surface area (Å²) in [5.41, 5.74) is 9.03. The van der Waals surface area contributed by atoms with Gasteiger partial charge in [0.2, 0.25) is 0 Å². The minimum atomic E-state index is 0.156. The van der Waals surface area contributed by atoms with Crippen molar-refractivity contribution >= 4 is 23.1 Å². The van der Waals surface area contributed by atoms with Crippen LogP contribution in [0.25, 0.3) is 0 Å². The third-order valence-corrected chi connectivity index (χ3v) is 5.12. The van der Waals surface area contributed by atoms with Crippen LogP contribution in [0.2, 0.25) is 0 Å². The summed E-state index contributed by atoms with van der Waals surface area (Å²) in [5.74, 6) is 0. The average Bonchev–Trinajstić information content (AvgIpc) is 2.97. The molecular weight excluding hydrogens is 234 g/mol. The number of hydrogen-bond donors (Lipinski definition) is 1. The number of benzene rings is 1. The average molecular weight is 247 g/mol.